The highest BCUT2D eigenvalue weighted by atomic mass is 79.9. The van der Waals surface area contributed by atoms with E-state index in [1.165, 1.54) is 11.9 Å². The Hall–Kier alpha value is -1.08. The molecule has 1 aromatic rings. The van der Waals surface area contributed by atoms with Gasteiger partial charge in [-0.15, -0.1) is 0 Å². The number of nitrogens with zero attached hydrogens (tertiary/aromatic N) is 1. The van der Waals surface area contributed by atoms with Crippen molar-refractivity contribution < 1.29 is 14.7 Å². The fourth-order valence-corrected chi connectivity index (χ4v) is 3.38. The first kappa shape index (κ1) is 17.0. The number of carbonyl (C=O) groups excluding carboxylic acids is 1. The van der Waals surface area contributed by atoms with Crippen LogP contribution in [0.25, 0.3) is 0 Å². The van der Waals surface area contributed by atoms with Crippen LogP contribution in [0.1, 0.15) is 18.9 Å². The summed E-state index contributed by atoms with van der Waals surface area (Å²) in [4.78, 5) is 24.4. The van der Waals surface area contributed by atoms with Crippen LogP contribution in [0.5, 0.6) is 0 Å². The van der Waals surface area contributed by atoms with E-state index in [-0.39, 0.29) is 0 Å². The van der Waals surface area contributed by atoms with Gasteiger partial charge in [-0.25, -0.2) is 9.59 Å². The van der Waals surface area contributed by atoms with Gasteiger partial charge in [0.2, 0.25) is 0 Å². The molecule has 0 saturated carbocycles. The Morgan fingerprint density at radius 3 is 2.25 bits per heavy atom. The summed E-state index contributed by atoms with van der Waals surface area (Å²) in [6.07, 6.45) is 0.343. The molecule has 0 radical (unpaired) electrons. The first-order chi connectivity index (χ1) is 9.27. The minimum absolute atomic E-state index is 0.343. The minimum Gasteiger partial charge on any atom is -0.480 e. The van der Waals surface area contributed by atoms with Gasteiger partial charge >= 0.3 is 12.0 Å². The van der Waals surface area contributed by atoms with Crippen molar-refractivity contribution in [3.63, 3.8) is 0 Å². The van der Waals surface area contributed by atoms with Crippen LogP contribution >= 0.6 is 31.9 Å². The maximum absolute atomic E-state index is 12.1. The van der Waals surface area contributed by atoms with Crippen LogP contribution in [0.15, 0.2) is 21.1 Å². The van der Waals surface area contributed by atoms with Gasteiger partial charge in [-0.05, 0) is 62.9 Å². The van der Waals surface area contributed by atoms with E-state index in [0.717, 1.165) is 14.5 Å². The molecule has 2 N–H and O–H groups in total. The molecule has 0 aliphatic heterocycles. The average Bonchev–Trinajstić information content (AvgIpc) is 2.33. The SMILES string of the molecule is CCC(C(=O)O)N(C)C(=O)Nc1c(Br)cc(C)cc1Br. The highest BCUT2D eigenvalue weighted by Crippen LogP contribution is 2.32. The Kier molecular flexibility index (Phi) is 6.01. The third kappa shape index (κ3) is 3.96. The molecule has 20 heavy (non-hydrogen) atoms. The van der Waals surface area contributed by atoms with Crippen LogP contribution < -0.4 is 5.32 Å². The molecule has 0 heterocycles. The lowest BCUT2D eigenvalue weighted by molar-refractivity contribution is -0.141. The number of hydrogen-bond donors (Lipinski definition) is 2. The second kappa shape index (κ2) is 7.08. The summed E-state index contributed by atoms with van der Waals surface area (Å²) in [6, 6.07) is 2.42. The number of halogens is 2. The van der Waals surface area contributed by atoms with Crippen LogP contribution in [0, 0.1) is 6.92 Å². The number of aliphatic carboxylic acids is 1. The largest absolute Gasteiger partial charge is 0.480 e. The first-order valence-electron chi connectivity index (χ1n) is 6.00. The van der Waals surface area contributed by atoms with Gasteiger partial charge in [0.1, 0.15) is 6.04 Å². The summed E-state index contributed by atoms with van der Waals surface area (Å²) in [5.41, 5.74) is 1.61. The Balaban J connectivity index is 2.94. The summed E-state index contributed by atoms with van der Waals surface area (Å²) >= 11 is 6.76. The van der Waals surface area contributed by atoms with Gasteiger partial charge in [-0.2, -0.15) is 0 Å². The number of carbonyl (C=O) groups is 2. The van der Waals surface area contributed by atoms with E-state index >= 15 is 0 Å². The molecule has 0 bridgehead atoms. The monoisotopic (exact) mass is 406 g/mol. The molecular formula is C13H16Br2N2O3. The van der Waals surface area contributed by atoms with E-state index in [4.69, 9.17) is 5.11 Å². The number of urea groups is 1. The number of amides is 2. The van der Waals surface area contributed by atoms with Crippen molar-refractivity contribution in [1.29, 1.82) is 0 Å². The third-order valence-electron chi connectivity index (χ3n) is 2.88. The Bertz CT molecular complexity index is 511. The van der Waals surface area contributed by atoms with Crippen molar-refractivity contribution in [2.45, 2.75) is 26.3 Å². The normalized spacial score (nSPS) is 11.8. The fraction of sp³-hybridized carbons (Fsp3) is 0.385. The molecule has 0 fully saturated rings. The summed E-state index contributed by atoms with van der Waals surface area (Å²) in [7, 11) is 1.47. The van der Waals surface area contributed by atoms with E-state index in [9.17, 15) is 9.59 Å². The smallest absolute Gasteiger partial charge is 0.326 e. The van der Waals surface area contributed by atoms with Gasteiger partial charge in [0.15, 0.2) is 0 Å². The van der Waals surface area contributed by atoms with E-state index in [1.807, 2.05) is 19.1 Å². The number of rotatable bonds is 4. The van der Waals surface area contributed by atoms with Crippen molar-refractivity contribution in [3.8, 4) is 0 Å². The van der Waals surface area contributed by atoms with Crippen molar-refractivity contribution in [1.82, 2.24) is 4.90 Å². The van der Waals surface area contributed by atoms with Crippen molar-refractivity contribution in [3.05, 3.63) is 26.6 Å². The summed E-state index contributed by atoms with van der Waals surface area (Å²) in [5.74, 6) is -1.02. The molecule has 1 atom stereocenters. The van der Waals surface area contributed by atoms with Gasteiger partial charge in [-0.1, -0.05) is 6.92 Å². The number of hydrogen-bond acceptors (Lipinski definition) is 2. The molecular weight excluding hydrogens is 392 g/mol. The molecule has 5 nitrogen and oxygen atoms in total. The Labute approximate surface area is 134 Å². The average molecular weight is 408 g/mol. The molecule has 0 aromatic heterocycles. The summed E-state index contributed by atoms with van der Waals surface area (Å²) < 4.78 is 1.46. The number of likely N-dealkylation sites (N-methyl/N-ethyl adjacent to an activating group) is 1. The van der Waals surface area contributed by atoms with E-state index < -0.39 is 18.0 Å². The van der Waals surface area contributed by atoms with Crippen molar-refractivity contribution in [2.24, 2.45) is 0 Å². The fourth-order valence-electron chi connectivity index (χ4n) is 1.77. The van der Waals surface area contributed by atoms with E-state index in [0.29, 0.717) is 12.1 Å². The molecule has 1 aromatic carbocycles. The lowest BCUT2D eigenvalue weighted by Crippen LogP contribution is -2.44. The van der Waals surface area contributed by atoms with Crippen molar-refractivity contribution >= 4 is 49.5 Å². The molecule has 1 rings (SSSR count). The standard InChI is InChI=1S/C13H16Br2N2O3/c1-4-10(12(18)19)17(3)13(20)16-11-8(14)5-7(2)6-9(11)15/h5-6,10H,4H2,1-3H3,(H,16,20)(H,18,19). The highest BCUT2D eigenvalue weighted by molar-refractivity contribution is 9.11. The maximum Gasteiger partial charge on any atom is 0.326 e. The minimum atomic E-state index is -1.02. The van der Waals surface area contributed by atoms with E-state index in [1.54, 1.807) is 6.92 Å². The topological polar surface area (TPSA) is 69.6 Å². The molecule has 0 aliphatic rings. The van der Waals surface area contributed by atoms with Crippen LogP contribution in [0.4, 0.5) is 10.5 Å². The maximum atomic E-state index is 12.1. The lowest BCUT2D eigenvalue weighted by atomic mass is 10.2. The Morgan fingerprint density at radius 1 is 1.35 bits per heavy atom. The summed E-state index contributed by atoms with van der Waals surface area (Å²) in [6.45, 7) is 3.66. The third-order valence-corrected chi connectivity index (χ3v) is 4.13. The molecule has 0 spiro atoms. The zero-order valence-electron chi connectivity index (χ0n) is 11.4. The predicted octanol–water partition coefficient (Wildman–Crippen LogP) is 3.85. The molecule has 2 amide bonds. The second-order valence-electron chi connectivity index (χ2n) is 4.41. The van der Waals surface area contributed by atoms with Crippen LogP contribution in [-0.2, 0) is 4.79 Å². The van der Waals surface area contributed by atoms with Gasteiger partial charge in [0, 0.05) is 16.0 Å². The molecule has 0 saturated heterocycles. The van der Waals surface area contributed by atoms with E-state index in [2.05, 4.69) is 37.2 Å². The number of carboxylic acids is 1. The molecule has 110 valence electrons. The molecule has 0 aliphatic carbocycles. The molecule has 7 heteroatoms. The lowest BCUT2D eigenvalue weighted by Gasteiger charge is -2.24. The number of nitrogens with one attached hydrogen (secondary N) is 1. The van der Waals surface area contributed by atoms with Gasteiger partial charge in [0.05, 0.1) is 5.69 Å². The predicted molar refractivity (Wildman–Crippen MR) is 85.1 cm³/mol. The van der Waals surface area contributed by atoms with Crippen LogP contribution in [0.2, 0.25) is 0 Å². The van der Waals surface area contributed by atoms with Crippen LogP contribution in [0.3, 0.4) is 0 Å². The zero-order valence-corrected chi connectivity index (χ0v) is 14.6. The van der Waals surface area contributed by atoms with Gasteiger partial charge in [0.25, 0.3) is 0 Å². The van der Waals surface area contributed by atoms with Crippen molar-refractivity contribution in [2.75, 3.05) is 12.4 Å². The molecule has 1 unspecified atom stereocenters. The Morgan fingerprint density at radius 2 is 1.85 bits per heavy atom. The number of anilines is 1. The number of benzene rings is 1. The number of aryl methyl sites for hydroxylation is 1. The zero-order chi connectivity index (χ0) is 15.4. The van der Waals surface area contributed by atoms with Gasteiger partial charge < -0.3 is 15.3 Å². The summed E-state index contributed by atoms with van der Waals surface area (Å²) in [5, 5.41) is 11.8. The van der Waals surface area contributed by atoms with Crippen LogP contribution in [-0.4, -0.2) is 35.1 Å². The first-order valence-corrected chi connectivity index (χ1v) is 7.58. The quantitative estimate of drug-likeness (QED) is 0.796. The highest BCUT2D eigenvalue weighted by Gasteiger charge is 2.25. The number of carboxylic acid groups (broad SMARTS) is 1. The van der Waals surface area contributed by atoms with Gasteiger partial charge in [-0.3, -0.25) is 0 Å². The second-order valence-corrected chi connectivity index (χ2v) is 6.12.